The quantitative estimate of drug-likeness (QED) is 0.411. The smallest absolute Gasteiger partial charge is 0.329 e. The topological polar surface area (TPSA) is 89.8 Å². The molecule has 2 unspecified atom stereocenters. The highest BCUT2D eigenvalue weighted by atomic mass is 35.5. The van der Waals surface area contributed by atoms with Crippen molar-refractivity contribution in [1.82, 2.24) is 4.90 Å². The number of hydrogen-bond donors (Lipinski definition) is 0. The number of carbonyl (C=O) groups excluding carboxylic acids is 2. The number of esters is 1. The summed E-state index contributed by atoms with van der Waals surface area (Å²) >= 11 is 7.39. The SMILES string of the molecule is CCOC(=O)C1CSC(c2ccc(Cl)cc2)N1C(=O)c1cccc([N+](=O)[O-])c1. The minimum Gasteiger partial charge on any atom is -0.464 e. The monoisotopic (exact) mass is 420 g/mol. The van der Waals surface area contributed by atoms with Crippen LogP contribution in [0.25, 0.3) is 0 Å². The zero-order chi connectivity index (χ0) is 20.3. The molecule has 3 rings (SSSR count). The van der Waals surface area contributed by atoms with E-state index in [4.69, 9.17) is 16.3 Å². The number of non-ortho nitro benzene ring substituents is 1. The van der Waals surface area contributed by atoms with Crippen molar-refractivity contribution in [2.45, 2.75) is 18.3 Å². The predicted molar refractivity (Wildman–Crippen MR) is 106 cm³/mol. The third-order valence-electron chi connectivity index (χ3n) is 4.25. The lowest BCUT2D eigenvalue weighted by Crippen LogP contribution is -2.43. The molecule has 0 bridgehead atoms. The number of ether oxygens (including phenoxy) is 1. The number of hydrogen-bond acceptors (Lipinski definition) is 6. The van der Waals surface area contributed by atoms with Crippen LogP contribution in [0.2, 0.25) is 5.02 Å². The second-order valence-electron chi connectivity index (χ2n) is 6.02. The average Bonchev–Trinajstić information content (AvgIpc) is 3.13. The molecule has 28 heavy (non-hydrogen) atoms. The van der Waals surface area contributed by atoms with Gasteiger partial charge in [-0.25, -0.2) is 4.79 Å². The summed E-state index contributed by atoms with van der Waals surface area (Å²) in [6, 6.07) is 11.7. The Hall–Kier alpha value is -2.58. The van der Waals surface area contributed by atoms with Crippen LogP contribution in [0.3, 0.4) is 0 Å². The summed E-state index contributed by atoms with van der Waals surface area (Å²) in [5.74, 6) is -0.593. The van der Waals surface area contributed by atoms with Gasteiger partial charge in [0, 0.05) is 28.5 Å². The zero-order valence-electron chi connectivity index (χ0n) is 14.9. The van der Waals surface area contributed by atoms with E-state index in [9.17, 15) is 19.7 Å². The number of amides is 1. The minimum atomic E-state index is -0.780. The van der Waals surface area contributed by atoms with E-state index in [1.165, 1.54) is 40.9 Å². The van der Waals surface area contributed by atoms with E-state index in [1.54, 1.807) is 31.2 Å². The summed E-state index contributed by atoms with van der Waals surface area (Å²) < 4.78 is 5.13. The van der Waals surface area contributed by atoms with Crippen LogP contribution in [-0.2, 0) is 9.53 Å². The molecular formula is C19H17ClN2O5S. The highest BCUT2D eigenvalue weighted by Crippen LogP contribution is 2.43. The van der Waals surface area contributed by atoms with Crippen LogP contribution in [0.15, 0.2) is 48.5 Å². The molecule has 1 heterocycles. The molecule has 2 aromatic rings. The van der Waals surface area contributed by atoms with Crippen molar-refractivity contribution in [1.29, 1.82) is 0 Å². The Morgan fingerprint density at radius 3 is 2.64 bits per heavy atom. The molecule has 2 aromatic carbocycles. The Labute approximate surface area is 170 Å². The van der Waals surface area contributed by atoms with Gasteiger partial charge in [-0.15, -0.1) is 11.8 Å². The molecule has 0 saturated carbocycles. The number of carbonyl (C=O) groups is 2. The van der Waals surface area contributed by atoms with E-state index in [2.05, 4.69) is 0 Å². The van der Waals surface area contributed by atoms with E-state index in [1.807, 2.05) is 0 Å². The van der Waals surface area contributed by atoms with E-state index >= 15 is 0 Å². The number of thioether (sulfide) groups is 1. The fourth-order valence-corrected chi connectivity index (χ4v) is 4.50. The molecule has 9 heteroatoms. The van der Waals surface area contributed by atoms with Crippen LogP contribution in [-0.4, -0.2) is 40.1 Å². The fraction of sp³-hybridized carbons (Fsp3) is 0.263. The van der Waals surface area contributed by atoms with Crippen molar-refractivity contribution in [2.24, 2.45) is 0 Å². The van der Waals surface area contributed by atoms with Crippen LogP contribution in [0.5, 0.6) is 0 Å². The number of nitrogens with zero attached hydrogens (tertiary/aromatic N) is 2. The molecule has 0 aliphatic carbocycles. The number of rotatable bonds is 5. The predicted octanol–water partition coefficient (Wildman–Crippen LogP) is 4.07. The lowest BCUT2D eigenvalue weighted by molar-refractivity contribution is -0.384. The summed E-state index contributed by atoms with van der Waals surface area (Å²) in [6.45, 7) is 1.90. The summed E-state index contributed by atoms with van der Waals surface area (Å²) in [7, 11) is 0. The third kappa shape index (κ3) is 4.13. The number of nitro benzene ring substituents is 1. The Morgan fingerprint density at radius 2 is 2.00 bits per heavy atom. The molecule has 0 N–H and O–H groups in total. The van der Waals surface area contributed by atoms with Gasteiger partial charge in [0.15, 0.2) is 0 Å². The van der Waals surface area contributed by atoms with E-state index in [0.29, 0.717) is 10.8 Å². The maximum atomic E-state index is 13.2. The molecule has 0 radical (unpaired) electrons. The highest BCUT2D eigenvalue weighted by molar-refractivity contribution is 7.99. The molecule has 7 nitrogen and oxygen atoms in total. The number of halogens is 1. The Bertz CT molecular complexity index is 905. The van der Waals surface area contributed by atoms with E-state index in [-0.39, 0.29) is 17.9 Å². The Morgan fingerprint density at radius 1 is 1.29 bits per heavy atom. The lowest BCUT2D eigenvalue weighted by Gasteiger charge is -2.28. The molecular weight excluding hydrogens is 404 g/mol. The van der Waals surface area contributed by atoms with E-state index in [0.717, 1.165) is 5.56 Å². The standard InChI is InChI=1S/C19H17ClN2O5S/c1-2-27-19(24)16-11-28-18(12-6-8-14(20)9-7-12)21(16)17(23)13-4-3-5-15(10-13)22(25)26/h3-10,16,18H,2,11H2,1H3. The third-order valence-corrected chi connectivity index (χ3v) is 5.83. The molecule has 0 aromatic heterocycles. The molecule has 1 amide bonds. The zero-order valence-corrected chi connectivity index (χ0v) is 16.5. The maximum Gasteiger partial charge on any atom is 0.329 e. The lowest BCUT2D eigenvalue weighted by atomic mass is 10.1. The summed E-state index contributed by atoms with van der Waals surface area (Å²) in [5, 5.41) is 11.2. The molecule has 1 aliphatic heterocycles. The largest absolute Gasteiger partial charge is 0.464 e. The summed E-state index contributed by atoms with van der Waals surface area (Å²) in [6.07, 6.45) is 0. The van der Waals surface area contributed by atoms with Crippen molar-refractivity contribution < 1.29 is 19.2 Å². The van der Waals surface area contributed by atoms with Gasteiger partial charge in [0.1, 0.15) is 11.4 Å². The maximum absolute atomic E-state index is 13.2. The van der Waals surface area contributed by atoms with Gasteiger partial charge in [-0.05, 0) is 30.7 Å². The van der Waals surface area contributed by atoms with Crippen LogP contribution in [0.1, 0.15) is 28.2 Å². The van der Waals surface area contributed by atoms with Crippen molar-refractivity contribution >= 4 is 40.9 Å². The summed E-state index contributed by atoms with van der Waals surface area (Å²) in [4.78, 5) is 37.6. The van der Waals surface area contributed by atoms with Gasteiger partial charge >= 0.3 is 5.97 Å². The van der Waals surface area contributed by atoms with Gasteiger partial charge in [0.2, 0.25) is 0 Å². The van der Waals surface area contributed by atoms with Crippen LogP contribution in [0, 0.1) is 10.1 Å². The summed E-state index contributed by atoms with van der Waals surface area (Å²) in [5.41, 5.74) is 0.762. The molecule has 2 atom stereocenters. The van der Waals surface area contributed by atoms with Gasteiger partial charge in [-0.3, -0.25) is 14.9 Å². The van der Waals surface area contributed by atoms with Gasteiger partial charge in [-0.1, -0.05) is 29.8 Å². The van der Waals surface area contributed by atoms with Crippen molar-refractivity contribution in [3.8, 4) is 0 Å². The molecule has 0 spiro atoms. The van der Waals surface area contributed by atoms with Crippen molar-refractivity contribution in [3.05, 3.63) is 74.8 Å². The van der Waals surface area contributed by atoms with Gasteiger partial charge in [0.05, 0.1) is 11.5 Å². The first-order valence-electron chi connectivity index (χ1n) is 8.53. The van der Waals surface area contributed by atoms with Crippen LogP contribution >= 0.6 is 23.4 Å². The van der Waals surface area contributed by atoms with Crippen molar-refractivity contribution in [2.75, 3.05) is 12.4 Å². The van der Waals surface area contributed by atoms with Crippen molar-refractivity contribution in [3.63, 3.8) is 0 Å². The first kappa shape index (κ1) is 20.2. The highest BCUT2D eigenvalue weighted by Gasteiger charge is 2.43. The normalized spacial score (nSPS) is 18.7. The molecule has 1 fully saturated rings. The molecule has 1 saturated heterocycles. The van der Waals surface area contributed by atoms with Gasteiger partial charge < -0.3 is 9.64 Å². The number of nitro groups is 1. The van der Waals surface area contributed by atoms with Gasteiger partial charge in [-0.2, -0.15) is 0 Å². The fourth-order valence-electron chi connectivity index (χ4n) is 2.96. The first-order valence-corrected chi connectivity index (χ1v) is 9.96. The molecule has 146 valence electrons. The number of benzene rings is 2. The first-order chi connectivity index (χ1) is 13.4. The van der Waals surface area contributed by atoms with Gasteiger partial charge in [0.25, 0.3) is 11.6 Å². The second-order valence-corrected chi connectivity index (χ2v) is 7.57. The second kappa shape index (κ2) is 8.62. The van der Waals surface area contributed by atoms with Crippen LogP contribution < -0.4 is 0 Å². The van der Waals surface area contributed by atoms with E-state index < -0.39 is 28.2 Å². The van der Waals surface area contributed by atoms with Crippen LogP contribution in [0.4, 0.5) is 5.69 Å². The minimum absolute atomic E-state index is 0.143. The average molecular weight is 421 g/mol. The Kier molecular flexibility index (Phi) is 6.21. The molecule has 1 aliphatic rings. The Balaban J connectivity index is 1.99.